The molecule has 1 aromatic heterocycles. The van der Waals surface area contributed by atoms with Gasteiger partial charge >= 0.3 is 5.97 Å². The van der Waals surface area contributed by atoms with Crippen LogP contribution in [0.25, 0.3) is 11.3 Å². The lowest BCUT2D eigenvalue weighted by Gasteiger charge is -2.18. The predicted octanol–water partition coefficient (Wildman–Crippen LogP) is 2.90. The van der Waals surface area contributed by atoms with Crippen LogP contribution in [0, 0.1) is 12.8 Å². The number of nitrogens with one attached hydrogen (secondary N) is 1. The fraction of sp³-hybridized carbons (Fsp3) is 0.278. The number of aliphatic carboxylic acids is 1. The van der Waals surface area contributed by atoms with Crippen molar-refractivity contribution in [2.75, 3.05) is 0 Å². The number of aromatic nitrogens is 1. The molecule has 0 aliphatic rings. The molecular formula is C18H20N2O3. The molecule has 2 atom stereocenters. The Morgan fingerprint density at radius 2 is 1.74 bits per heavy atom. The topological polar surface area (TPSA) is 79.3 Å². The van der Waals surface area contributed by atoms with Crippen molar-refractivity contribution in [1.82, 2.24) is 10.3 Å². The van der Waals surface area contributed by atoms with Crippen LogP contribution >= 0.6 is 0 Å². The highest BCUT2D eigenvalue weighted by Gasteiger charge is 2.22. The second-order valence-corrected chi connectivity index (χ2v) is 5.58. The lowest BCUT2D eigenvalue weighted by molar-refractivity contribution is -0.141. The maximum absolute atomic E-state index is 12.3. The monoisotopic (exact) mass is 312 g/mol. The van der Waals surface area contributed by atoms with Crippen LogP contribution in [-0.2, 0) is 4.79 Å². The first-order valence-corrected chi connectivity index (χ1v) is 7.47. The number of hydrogen-bond donors (Lipinski definition) is 2. The first-order valence-electron chi connectivity index (χ1n) is 7.47. The summed E-state index contributed by atoms with van der Waals surface area (Å²) in [5.74, 6) is -1.90. The van der Waals surface area contributed by atoms with Crippen molar-refractivity contribution in [3.8, 4) is 11.3 Å². The highest BCUT2D eigenvalue weighted by Crippen LogP contribution is 2.18. The van der Waals surface area contributed by atoms with E-state index in [1.807, 2.05) is 30.3 Å². The lowest BCUT2D eigenvalue weighted by Crippen LogP contribution is -2.40. The summed E-state index contributed by atoms with van der Waals surface area (Å²) in [6, 6.07) is 12.8. The molecule has 2 N–H and O–H groups in total. The first kappa shape index (κ1) is 16.7. The Bertz CT molecular complexity index is 713. The van der Waals surface area contributed by atoms with E-state index in [2.05, 4.69) is 10.3 Å². The first-order chi connectivity index (χ1) is 10.9. The minimum atomic E-state index is -0.938. The van der Waals surface area contributed by atoms with Crippen molar-refractivity contribution < 1.29 is 14.7 Å². The van der Waals surface area contributed by atoms with E-state index in [1.54, 1.807) is 32.9 Å². The lowest BCUT2D eigenvalue weighted by atomic mass is 10.0. The number of rotatable bonds is 5. The summed E-state index contributed by atoms with van der Waals surface area (Å²) in [5.41, 5.74) is 2.84. The number of pyridine rings is 1. The van der Waals surface area contributed by atoms with Crippen molar-refractivity contribution in [3.05, 3.63) is 53.7 Å². The van der Waals surface area contributed by atoms with E-state index in [1.165, 1.54) is 0 Å². The van der Waals surface area contributed by atoms with Crippen LogP contribution < -0.4 is 5.32 Å². The Morgan fingerprint density at radius 3 is 2.30 bits per heavy atom. The molecular weight excluding hydrogens is 292 g/mol. The molecule has 0 saturated heterocycles. The van der Waals surface area contributed by atoms with Crippen molar-refractivity contribution in [3.63, 3.8) is 0 Å². The molecule has 0 spiro atoms. The molecule has 5 nitrogen and oxygen atoms in total. The number of nitrogens with zero attached hydrogens (tertiary/aromatic N) is 1. The number of benzene rings is 1. The predicted molar refractivity (Wildman–Crippen MR) is 88.1 cm³/mol. The number of aryl methyl sites for hydroxylation is 1. The van der Waals surface area contributed by atoms with E-state index >= 15 is 0 Å². The van der Waals surface area contributed by atoms with Crippen molar-refractivity contribution in [1.29, 1.82) is 0 Å². The van der Waals surface area contributed by atoms with Gasteiger partial charge in [-0.2, -0.15) is 0 Å². The van der Waals surface area contributed by atoms with Crippen LogP contribution in [0.1, 0.15) is 29.9 Å². The zero-order chi connectivity index (χ0) is 17.0. The maximum Gasteiger partial charge on any atom is 0.308 e. The SMILES string of the molecule is Cc1nc(-c2ccccc2)ccc1C(=O)NC(C)C(C)C(=O)O. The molecule has 0 bridgehead atoms. The molecule has 2 rings (SSSR count). The third-order valence-electron chi connectivity index (χ3n) is 3.90. The van der Waals surface area contributed by atoms with Gasteiger partial charge in [0.2, 0.25) is 0 Å². The Morgan fingerprint density at radius 1 is 1.09 bits per heavy atom. The van der Waals surface area contributed by atoms with Crippen LogP contribution in [-0.4, -0.2) is 28.0 Å². The second kappa shape index (κ2) is 7.05. The molecule has 120 valence electrons. The maximum atomic E-state index is 12.3. The van der Waals surface area contributed by atoms with Crippen molar-refractivity contribution in [2.24, 2.45) is 5.92 Å². The highest BCUT2D eigenvalue weighted by molar-refractivity contribution is 5.96. The molecule has 0 radical (unpaired) electrons. The number of carbonyl (C=O) groups excluding carboxylic acids is 1. The molecule has 23 heavy (non-hydrogen) atoms. The van der Waals surface area contributed by atoms with Gasteiger partial charge < -0.3 is 10.4 Å². The fourth-order valence-electron chi connectivity index (χ4n) is 2.19. The summed E-state index contributed by atoms with van der Waals surface area (Å²) < 4.78 is 0. The normalized spacial score (nSPS) is 13.2. The second-order valence-electron chi connectivity index (χ2n) is 5.58. The molecule has 2 unspecified atom stereocenters. The van der Waals surface area contributed by atoms with Crippen LogP contribution in [0.5, 0.6) is 0 Å². The van der Waals surface area contributed by atoms with E-state index in [4.69, 9.17) is 5.11 Å². The summed E-state index contributed by atoms with van der Waals surface area (Å²) in [7, 11) is 0. The van der Waals surface area contributed by atoms with Crippen LogP contribution in [0.4, 0.5) is 0 Å². The number of amides is 1. The molecule has 0 aliphatic heterocycles. The van der Waals surface area contributed by atoms with Gasteiger partial charge in [0.1, 0.15) is 0 Å². The van der Waals surface area contributed by atoms with E-state index in [0.29, 0.717) is 11.3 Å². The standard InChI is InChI=1S/C18H20N2O3/c1-11(18(22)23)12(2)20-17(21)15-9-10-16(19-13(15)3)14-7-5-4-6-8-14/h4-12H,1-3H3,(H,20,21)(H,22,23). The average molecular weight is 312 g/mol. The zero-order valence-electron chi connectivity index (χ0n) is 13.4. The van der Waals surface area contributed by atoms with E-state index in [0.717, 1.165) is 11.3 Å². The van der Waals surface area contributed by atoms with Gasteiger partial charge in [0.15, 0.2) is 0 Å². The van der Waals surface area contributed by atoms with Crippen molar-refractivity contribution in [2.45, 2.75) is 26.8 Å². The van der Waals surface area contributed by atoms with Gasteiger partial charge in [-0.15, -0.1) is 0 Å². The Kier molecular flexibility index (Phi) is 5.11. The third kappa shape index (κ3) is 3.94. The Balaban J connectivity index is 2.18. The van der Waals surface area contributed by atoms with Gasteiger partial charge in [-0.3, -0.25) is 14.6 Å². The summed E-state index contributed by atoms with van der Waals surface area (Å²) >= 11 is 0. The molecule has 0 aliphatic carbocycles. The van der Waals surface area contributed by atoms with Gasteiger partial charge in [0.05, 0.1) is 22.9 Å². The molecule has 2 aromatic rings. The Hall–Kier alpha value is -2.69. The van der Waals surface area contributed by atoms with Crippen molar-refractivity contribution >= 4 is 11.9 Å². The summed E-state index contributed by atoms with van der Waals surface area (Å²) in [5, 5.41) is 11.7. The number of carboxylic acids is 1. The largest absolute Gasteiger partial charge is 0.481 e. The number of carbonyl (C=O) groups is 2. The fourth-order valence-corrected chi connectivity index (χ4v) is 2.19. The van der Waals surface area contributed by atoms with Gasteiger partial charge in [-0.25, -0.2) is 0 Å². The highest BCUT2D eigenvalue weighted by atomic mass is 16.4. The summed E-state index contributed by atoms with van der Waals surface area (Å²) in [6.45, 7) is 5.02. The van der Waals surface area contributed by atoms with Crippen LogP contribution in [0.3, 0.4) is 0 Å². The molecule has 1 heterocycles. The van der Waals surface area contributed by atoms with Gasteiger partial charge in [-0.05, 0) is 32.9 Å². The number of hydrogen-bond acceptors (Lipinski definition) is 3. The quantitative estimate of drug-likeness (QED) is 0.889. The van der Waals surface area contributed by atoms with E-state index < -0.39 is 17.9 Å². The Labute approximate surface area is 135 Å². The van der Waals surface area contributed by atoms with Gasteiger partial charge in [-0.1, -0.05) is 30.3 Å². The summed E-state index contributed by atoms with van der Waals surface area (Å²) in [6.07, 6.45) is 0. The zero-order valence-corrected chi connectivity index (χ0v) is 13.4. The summed E-state index contributed by atoms with van der Waals surface area (Å²) in [4.78, 5) is 27.7. The molecule has 5 heteroatoms. The van der Waals surface area contributed by atoms with Crippen LogP contribution in [0.2, 0.25) is 0 Å². The molecule has 0 saturated carbocycles. The van der Waals surface area contributed by atoms with Gasteiger partial charge in [0, 0.05) is 11.6 Å². The van der Waals surface area contributed by atoms with Gasteiger partial charge in [0.25, 0.3) is 5.91 Å². The minimum Gasteiger partial charge on any atom is -0.481 e. The van der Waals surface area contributed by atoms with Crippen LogP contribution in [0.15, 0.2) is 42.5 Å². The minimum absolute atomic E-state index is 0.310. The third-order valence-corrected chi connectivity index (χ3v) is 3.90. The average Bonchev–Trinajstić information content (AvgIpc) is 2.54. The molecule has 0 fully saturated rings. The smallest absolute Gasteiger partial charge is 0.308 e. The van der Waals surface area contributed by atoms with E-state index in [9.17, 15) is 9.59 Å². The molecule has 1 aromatic carbocycles. The molecule has 1 amide bonds. The number of carboxylic acid groups (broad SMARTS) is 1. The van der Waals surface area contributed by atoms with E-state index in [-0.39, 0.29) is 5.91 Å².